The summed E-state index contributed by atoms with van der Waals surface area (Å²) < 4.78 is 0. The molecule has 2 aromatic rings. The Kier molecular flexibility index (Phi) is 4.45. The largest absolute Gasteiger partial charge is 0.508 e. The molecular weight excluding hydrogens is 268 g/mol. The van der Waals surface area contributed by atoms with Gasteiger partial charge in [-0.1, -0.05) is 12.1 Å². The molecule has 5 heteroatoms. The summed E-state index contributed by atoms with van der Waals surface area (Å²) in [6, 6.07) is 11.5. The Hall–Kier alpha value is -2.53. The highest BCUT2D eigenvalue weighted by Gasteiger charge is 2.09. The van der Waals surface area contributed by atoms with Crippen LogP contribution < -0.4 is 10.6 Å². The Balaban J connectivity index is 2.12. The van der Waals surface area contributed by atoms with E-state index in [1.807, 2.05) is 38.2 Å². The van der Waals surface area contributed by atoms with Crippen LogP contribution in [0.3, 0.4) is 0 Å². The van der Waals surface area contributed by atoms with Crippen molar-refractivity contribution in [3.63, 3.8) is 0 Å². The third kappa shape index (κ3) is 3.73. The summed E-state index contributed by atoms with van der Waals surface area (Å²) >= 11 is 0. The number of hydrogen-bond donors (Lipinski definition) is 4. The van der Waals surface area contributed by atoms with Crippen LogP contribution in [0.1, 0.15) is 28.9 Å². The quantitative estimate of drug-likeness (QED) is 0.696. The minimum atomic E-state index is -0.393. The lowest BCUT2D eigenvalue weighted by atomic mass is 10.1. The summed E-state index contributed by atoms with van der Waals surface area (Å²) in [6.07, 6.45) is 0. The second kappa shape index (κ2) is 6.28. The molecule has 2 aromatic carbocycles. The smallest absolute Gasteiger partial charge is 0.255 e. The van der Waals surface area contributed by atoms with Gasteiger partial charge >= 0.3 is 0 Å². The minimum absolute atomic E-state index is 0.154. The first-order chi connectivity index (χ1) is 9.99. The van der Waals surface area contributed by atoms with Crippen LogP contribution in [0.25, 0.3) is 0 Å². The van der Waals surface area contributed by atoms with Crippen LogP contribution in [0.4, 0.5) is 5.69 Å². The summed E-state index contributed by atoms with van der Waals surface area (Å²) in [4.78, 5) is 12.0. The van der Waals surface area contributed by atoms with Gasteiger partial charge in [0.1, 0.15) is 11.5 Å². The van der Waals surface area contributed by atoms with Gasteiger partial charge in [0, 0.05) is 23.4 Å². The molecule has 0 spiro atoms. The lowest BCUT2D eigenvalue weighted by molar-refractivity contribution is 0.102. The number of phenolic OH excluding ortho intramolecular Hbond substituents is 2. The maximum absolute atomic E-state index is 12.0. The molecular formula is C16H18N2O3. The number of amides is 1. The van der Waals surface area contributed by atoms with E-state index >= 15 is 0 Å². The van der Waals surface area contributed by atoms with Gasteiger partial charge in [-0.25, -0.2) is 0 Å². The van der Waals surface area contributed by atoms with Crippen molar-refractivity contribution >= 4 is 11.6 Å². The van der Waals surface area contributed by atoms with E-state index < -0.39 is 5.91 Å². The number of aromatic hydroxyl groups is 2. The summed E-state index contributed by atoms with van der Waals surface area (Å²) in [6.45, 7) is 2.04. The molecule has 1 unspecified atom stereocenters. The predicted octanol–water partition coefficient (Wildman–Crippen LogP) is 2.63. The molecule has 2 rings (SSSR count). The molecule has 0 saturated heterocycles. The maximum Gasteiger partial charge on any atom is 0.255 e. The lowest BCUT2D eigenvalue weighted by Crippen LogP contribution is -2.13. The van der Waals surface area contributed by atoms with Crippen molar-refractivity contribution < 1.29 is 15.0 Å². The van der Waals surface area contributed by atoms with Gasteiger partial charge in [0.15, 0.2) is 0 Å². The Morgan fingerprint density at radius 1 is 1.05 bits per heavy atom. The molecule has 5 nitrogen and oxygen atoms in total. The normalized spacial score (nSPS) is 11.9. The van der Waals surface area contributed by atoms with E-state index in [0.29, 0.717) is 5.69 Å². The van der Waals surface area contributed by atoms with Gasteiger partial charge in [-0.3, -0.25) is 4.79 Å². The van der Waals surface area contributed by atoms with Crippen LogP contribution in [-0.2, 0) is 0 Å². The van der Waals surface area contributed by atoms with Crippen molar-refractivity contribution in [1.82, 2.24) is 5.32 Å². The summed E-state index contributed by atoms with van der Waals surface area (Å²) in [5.74, 6) is -0.702. The second-order valence-corrected chi connectivity index (χ2v) is 4.82. The molecule has 21 heavy (non-hydrogen) atoms. The first-order valence-electron chi connectivity index (χ1n) is 6.61. The van der Waals surface area contributed by atoms with Gasteiger partial charge < -0.3 is 20.8 Å². The Morgan fingerprint density at radius 3 is 2.14 bits per heavy atom. The number of rotatable bonds is 4. The molecule has 0 fully saturated rings. The van der Waals surface area contributed by atoms with Gasteiger partial charge in [-0.15, -0.1) is 0 Å². The van der Waals surface area contributed by atoms with Crippen LogP contribution >= 0.6 is 0 Å². The highest BCUT2D eigenvalue weighted by Crippen LogP contribution is 2.22. The average molecular weight is 286 g/mol. The summed E-state index contributed by atoms with van der Waals surface area (Å²) in [5, 5.41) is 24.6. The van der Waals surface area contributed by atoms with Crippen molar-refractivity contribution in [2.75, 3.05) is 12.4 Å². The van der Waals surface area contributed by atoms with Crippen LogP contribution in [0, 0.1) is 0 Å². The van der Waals surface area contributed by atoms with Gasteiger partial charge in [0.25, 0.3) is 5.91 Å². The standard InChI is InChI=1S/C16H18N2O3/c1-10(17-2)11-3-5-13(6-4-11)18-16(21)12-7-14(19)9-15(20)8-12/h3-10,17,19-20H,1-2H3,(H,18,21). The number of hydrogen-bond acceptors (Lipinski definition) is 4. The molecule has 110 valence electrons. The number of phenols is 2. The molecule has 0 saturated carbocycles. The van der Waals surface area contributed by atoms with Crippen molar-refractivity contribution in [2.45, 2.75) is 13.0 Å². The fourth-order valence-electron chi connectivity index (χ4n) is 1.95. The van der Waals surface area contributed by atoms with Crippen LogP contribution in [0.15, 0.2) is 42.5 Å². The molecule has 0 bridgehead atoms. The Morgan fingerprint density at radius 2 is 1.62 bits per heavy atom. The third-order valence-corrected chi connectivity index (χ3v) is 3.27. The SMILES string of the molecule is CNC(C)c1ccc(NC(=O)c2cc(O)cc(O)c2)cc1. The monoisotopic (exact) mass is 286 g/mol. The number of carbonyl (C=O) groups excluding carboxylic acids is 1. The van der Waals surface area contributed by atoms with E-state index in [0.717, 1.165) is 5.56 Å². The van der Waals surface area contributed by atoms with E-state index in [1.165, 1.54) is 18.2 Å². The molecule has 1 atom stereocenters. The summed E-state index contributed by atoms with van der Waals surface area (Å²) in [7, 11) is 1.88. The van der Waals surface area contributed by atoms with E-state index in [4.69, 9.17) is 0 Å². The maximum atomic E-state index is 12.0. The number of carbonyl (C=O) groups is 1. The second-order valence-electron chi connectivity index (χ2n) is 4.82. The zero-order valence-corrected chi connectivity index (χ0v) is 11.9. The minimum Gasteiger partial charge on any atom is -0.508 e. The topological polar surface area (TPSA) is 81.6 Å². The van der Waals surface area contributed by atoms with Gasteiger partial charge in [-0.05, 0) is 43.8 Å². The van der Waals surface area contributed by atoms with E-state index in [-0.39, 0.29) is 23.1 Å². The van der Waals surface area contributed by atoms with Crippen molar-refractivity contribution in [1.29, 1.82) is 0 Å². The van der Waals surface area contributed by atoms with Gasteiger partial charge in [0.2, 0.25) is 0 Å². The molecule has 4 N–H and O–H groups in total. The van der Waals surface area contributed by atoms with Crippen LogP contribution in [-0.4, -0.2) is 23.2 Å². The van der Waals surface area contributed by atoms with Crippen LogP contribution in [0.5, 0.6) is 11.5 Å². The molecule has 0 radical (unpaired) electrons. The third-order valence-electron chi connectivity index (χ3n) is 3.27. The highest BCUT2D eigenvalue weighted by atomic mass is 16.3. The molecule has 0 aliphatic rings. The van der Waals surface area contributed by atoms with E-state index in [1.54, 1.807) is 0 Å². The lowest BCUT2D eigenvalue weighted by Gasteiger charge is -2.11. The zero-order chi connectivity index (χ0) is 15.4. The Labute approximate surface area is 123 Å². The molecule has 1 amide bonds. The van der Waals surface area contributed by atoms with E-state index in [9.17, 15) is 15.0 Å². The van der Waals surface area contributed by atoms with Gasteiger partial charge in [0.05, 0.1) is 0 Å². The molecule has 0 aliphatic carbocycles. The van der Waals surface area contributed by atoms with Crippen molar-refractivity contribution in [3.8, 4) is 11.5 Å². The molecule has 0 aliphatic heterocycles. The predicted molar refractivity (Wildman–Crippen MR) is 81.6 cm³/mol. The van der Waals surface area contributed by atoms with E-state index in [2.05, 4.69) is 10.6 Å². The summed E-state index contributed by atoms with van der Waals surface area (Å²) in [5.41, 5.74) is 1.96. The highest BCUT2D eigenvalue weighted by molar-refractivity contribution is 6.04. The Bertz CT molecular complexity index is 618. The first-order valence-corrected chi connectivity index (χ1v) is 6.61. The van der Waals surface area contributed by atoms with Crippen molar-refractivity contribution in [3.05, 3.63) is 53.6 Å². The number of benzene rings is 2. The zero-order valence-electron chi connectivity index (χ0n) is 11.9. The molecule has 0 heterocycles. The van der Waals surface area contributed by atoms with Crippen LogP contribution in [0.2, 0.25) is 0 Å². The fourth-order valence-corrected chi connectivity index (χ4v) is 1.95. The number of anilines is 1. The number of nitrogens with one attached hydrogen (secondary N) is 2. The molecule has 0 aromatic heterocycles. The fraction of sp³-hybridized carbons (Fsp3) is 0.188. The van der Waals surface area contributed by atoms with Gasteiger partial charge in [-0.2, -0.15) is 0 Å². The first kappa shape index (κ1) is 14.9. The van der Waals surface area contributed by atoms with Crippen molar-refractivity contribution in [2.24, 2.45) is 0 Å². The average Bonchev–Trinajstić information content (AvgIpc) is 2.46.